The molecule has 18 heavy (non-hydrogen) atoms. The minimum atomic E-state index is -0.425. The summed E-state index contributed by atoms with van der Waals surface area (Å²) in [6.45, 7) is 1.65. The summed E-state index contributed by atoms with van der Waals surface area (Å²) in [5, 5.41) is 5.50. The highest BCUT2D eigenvalue weighted by molar-refractivity contribution is 5.92. The molecule has 0 bridgehead atoms. The Labute approximate surface area is 107 Å². The van der Waals surface area contributed by atoms with Gasteiger partial charge in [0.05, 0.1) is 12.2 Å². The Morgan fingerprint density at radius 3 is 2.83 bits per heavy atom. The van der Waals surface area contributed by atoms with Crippen LogP contribution in [0, 0.1) is 5.82 Å². The molecule has 0 saturated heterocycles. The molecule has 0 radical (unpaired) electrons. The maximum absolute atomic E-state index is 13.2. The predicted octanol–water partition coefficient (Wildman–Crippen LogP) is 1.78. The molecule has 0 fully saturated rings. The number of nitrogens with one attached hydrogen (secondary N) is 2. The summed E-state index contributed by atoms with van der Waals surface area (Å²) in [7, 11) is 1.66. The van der Waals surface area contributed by atoms with Crippen molar-refractivity contribution < 1.29 is 13.9 Å². The van der Waals surface area contributed by atoms with E-state index in [4.69, 9.17) is 4.74 Å². The van der Waals surface area contributed by atoms with Crippen LogP contribution in [0.15, 0.2) is 24.3 Å². The summed E-state index contributed by atoms with van der Waals surface area (Å²) >= 11 is 0. The van der Waals surface area contributed by atoms with Gasteiger partial charge in [-0.15, -0.1) is 0 Å². The molecule has 0 saturated carbocycles. The fourth-order valence-corrected chi connectivity index (χ4v) is 1.46. The van der Waals surface area contributed by atoms with Crippen molar-refractivity contribution in [3.63, 3.8) is 0 Å². The highest BCUT2D eigenvalue weighted by Crippen LogP contribution is 2.11. The molecule has 0 aliphatic carbocycles. The zero-order valence-corrected chi connectivity index (χ0v) is 10.5. The van der Waals surface area contributed by atoms with Crippen LogP contribution in [0.1, 0.15) is 12.8 Å². The summed E-state index contributed by atoms with van der Waals surface area (Å²) in [6.07, 6.45) is 1.90. The molecule has 0 spiro atoms. The summed E-state index contributed by atoms with van der Waals surface area (Å²) in [6, 6.07) is 6.11. The first kappa shape index (κ1) is 14.6. The second-order valence-corrected chi connectivity index (χ2v) is 3.90. The number of carbonyl (C=O) groups excluding carboxylic acids is 1. The molecule has 4 nitrogen and oxygen atoms in total. The third-order valence-electron chi connectivity index (χ3n) is 2.39. The Bertz CT molecular complexity index is 372. The maximum atomic E-state index is 13.2. The molecule has 1 rings (SSSR count). The van der Waals surface area contributed by atoms with Gasteiger partial charge in [0.25, 0.3) is 0 Å². The van der Waals surface area contributed by atoms with E-state index in [2.05, 4.69) is 10.6 Å². The molecule has 100 valence electrons. The topological polar surface area (TPSA) is 50.4 Å². The van der Waals surface area contributed by atoms with Crippen molar-refractivity contribution in [2.24, 2.45) is 0 Å². The molecule has 1 aromatic rings. The molecule has 0 aliphatic heterocycles. The van der Waals surface area contributed by atoms with Gasteiger partial charge >= 0.3 is 0 Å². The van der Waals surface area contributed by atoms with Crippen LogP contribution in [0.3, 0.4) is 0 Å². The van der Waals surface area contributed by atoms with Gasteiger partial charge in [-0.2, -0.15) is 0 Å². The van der Waals surface area contributed by atoms with E-state index in [1.807, 2.05) is 0 Å². The first-order chi connectivity index (χ1) is 8.74. The quantitative estimate of drug-likeness (QED) is 0.695. The molecule has 1 amide bonds. The average Bonchev–Trinajstić information content (AvgIpc) is 2.36. The number of rotatable bonds is 8. The van der Waals surface area contributed by atoms with Crippen molar-refractivity contribution >= 4 is 11.6 Å². The lowest BCUT2D eigenvalue weighted by Gasteiger charge is -2.07. The van der Waals surface area contributed by atoms with E-state index in [9.17, 15) is 9.18 Å². The number of methoxy groups -OCH3 is 1. The minimum absolute atomic E-state index is 0.182. The molecule has 1 aromatic carbocycles. The molecule has 5 heteroatoms. The van der Waals surface area contributed by atoms with Crippen LogP contribution in [0.4, 0.5) is 10.1 Å². The van der Waals surface area contributed by atoms with Crippen LogP contribution in [0.2, 0.25) is 0 Å². The van der Waals surface area contributed by atoms with Crippen LogP contribution in [-0.4, -0.2) is 32.7 Å². The number of benzene rings is 1. The Morgan fingerprint density at radius 1 is 1.33 bits per heavy atom. The lowest BCUT2D eigenvalue weighted by Crippen LogP contribution is -2.29. The molecule has 0 atom stereocenters. The zero-order valence-electron chi connectivity index (χ0n) is 10.5. The number of para-hydroxylation sites is 1. The highest BCUT2D eigenvalue weighted by Gasteiger charge is 2.05. The standard InChI is InChI=1S/C13H19FN2O2/c1-18-9-5-4-8-15-10-13(17)16-12-7-3-2-6-11(12)14/h2-3,6-7,15H,4-5,8-10H2,1H3,(H,16,17). The zero-order chi connectivity index (χ0) is 13.2. The van der Waals surface area contributed by atoms with Gasteiger partial charge in [-0.1, -0.05) is 12.1 Å². The van der Waals surface area contributed by atoms with Crippen molar-refractivity contribution in [3.8, 4) is 0 Å². The normalized spacial score (nSPS) is 10.3. The molecule has 0 aliphatic rings. The molecule has 0 heterocycles. The van der Waals surface area contributed by atoms with Gasteiger partial charge in [-0.05, 0) is 31.5 Å². The lowest BCUT2D eigenvalue weighted by atomic mass is 10.3. The highest BCUT2D eigenvalue weighted by atomic mass is 19.1. The average molecular weight is 254 g/mol. The summed E-state index contributed by atoms with van der Waals surface area (Å²) < 4.78 is 18.1. The van der Waals surface area contributed by atoms with E-state index in [0.29, 0.717) is 0 Å². The van der Waals surface area contributed by atoms with E-state index in [1.165, 1.54) is 12.1 Å². The van der Waals surface area contributed by atoms with Gasteiger partial charge in [0.1, 0.15) is 5.82 Å². The molecule has 0 aromatic heterocycles. The van der Waals surface area contributed by atoms with Crippen LogP contribution in [-0.2, 0) is 9.53 Å². The fraction of sp³-hybridized carbons (Fsp3) is 0.462. The second-order valence-electron chi connectivity index (χ2n) is 3.90. The number of anilines is 1. The third kappa shape index (κ3) is 5.75. The van der Waals surface area contributed by atoms with Crippen molar-refractivity contribution in [1.29, 1.82) is 0 Å². The lowest BCUT2D eigenvalue weighted by molar-refractivity contribution is -0.115. The van der Waals surface area contributed by atoms with Crippen LogP contribution >= 0.6 is 0 Å². The number of carbonyl (C=O) groups is 1. The van der Waals surface area contributed by atoms with Crippen LogP contribution in [0.25, 0.3) is 0 Å². The van der Waals surface area contributed by atoms with Crippen molar-refractivity contribution in [2.45, 2.75) is 12.8 Å². The van der Waals surface area contributed by atoms with E-state index in [-0.39, 0.29) is 18.1 Å². The summed E-state index contributed by atoms with van der Waals surface area (Å²) in [5.74, 6) is -0.669. The van der Waals surface area contributed by atoms with E-state index in [1.54, 1.807) is 19.2 Å². The molecular weight excluding hydrogens is 235 g/mol. The van der Waals surface area contributed by atoms with Gasteiger partial charge < -0.3 is 15.4 Å². The Morgan fingerprint density at radius 2 is 2.11 bits per heavy atom. The van der Waals surface area contributed by atoms with Crippen molar-refractivity contribution in [3.05, 3.63) is 30.1 Å². The smallest absolute Gasteiger partial charge is 0.238 e. The number of unbranched alkanes of at least 4 members (excludes halogenated alkanes) is 1. The van der Waals surface area contributed by atoms with Crippen LogP contribution in [0.5, 0.6) is 0 Å². The largest absolute Gasteiger partial charge is 0.385 e. The third-order valence-corrected chi connectivity index (χ3v) is 2.39. The minimum Gasteiger partial charge on any atom is -0.385 e. The Balaban J connectivity index is 2.16. The number of amides is 1. The number of ether oxygens (including phenoxy) is 1. The second kappa shape index (κ2) is 8.60. The van der Waals surface area contributed by atoms with Gasteiger partial charge in [0, 0.05) is 13.7 Å². The Hall–Kier alpha value is -1.46. The molecular formula is C13H19FN2O2. The first-order valence-electron chi connectivity index (χ1n) is 5.98. The van der Waals surface area contributed by atoms with Gasteiger partial charge in [-0.3, -0.25) is 4.79 Å². The monoisotopic (exact) mass is 254 g/mol. The molecule has 0 unspecified atom stereocenters. The number of halogens is 1. The summed E-state index contributed by atoms with van der Waals surface area (Å²) in [4.78, 5) is 11.5. The fourth-order valence-electron chi connectivity index (χ4n) is 1.46. The summed E-state index contributed by atoms with van der Waals surface area (Å²) in [5.41, 5.74) is 0.212. The van der Waals surface area contributed by atoms with Crippen molar-refractivity contribution in [2.75, 3.05) is 32.1 Å². The van der Waals surface area contributed by atoms with E-state index < -0.39 is 5.82 Å². The Kier molecular flexibility index (Phi) is 6.98. The number of hydrogen-bond donors (Lipinski definition) is 2. The van der Waals surface area contributed by atoms with Crippen LogP contribution < -0.4 is 10.6 Å². The number of hydrogen-bond acceptors (Lipinski definition) is 3. The SMILES string of the molecule is COCCCCNCC(=O)Nc1ccccc1F. The van der Waals surface area contributed by atoms with Gasteiger partial charge in [-0.25, -0.2) is 4.39 Å². The molecule has 2 N–H and O–H groups in total. The predicted molar refractivity (Wildman–Crippen MR) is 69.0 cm³/mol. The van der Waals surface area contributed by atoms with E-state index >= 15 is 0 Å². The van der Waals surface area contributed by atoms with Gasteiger partial charge in [0.2, 0.25) is 5.91 Å². The maximum Gasteiger partial charge on any atom is 0.238 e. The van der Waals surface area contributed by atoms with Crippen molar-refractivity contribution in [1.82, 2.24) is 5.32 Å². The van der Waals surface area contributed by atoms with E-state index in [0.717, 1.165) is 26.0 Å². The first-order valence-corrected chi connectivity index (χ1v) is 5.98. The van der Waals surface area contributed by atoms with Gasteiger partial charge in [0.15, 0.2) is 0 Å².